The average Bonchev–Trinajstić information content (AvgIpc) is 2.55. The molecule has 0 spiro atoms. The highest BCUT2D eigenvalue weighted by molar-refractivity contribution is 7.89. The lowest BCUT2D eigenvalue weighted by molar-refractivity contribution is -0.120. The van der Waals surface area contributed by atoms with Gasteiger partial charge in [-0.3, -0.25) is 4.79 Å². The summed E-state index contributed by atoms with van der Waals surface area (Å²) in [5.41, 5.74) is 0. The van der Waals surface area contributed by atoms with Gasteiger partial charge in [-0.15, -0.1) is 0 Å². The molecule has 1 fully saturated rings. The largest absolute Gasteiger partial charge is 0.352 e. The van der Waals surface area contributed by atoms with Crippen LogP contribution < -0.4 is 10.0 Å². The van der Waals surface area contributed by atoms with E-state index in [0.29, 0.717) is 6.42 Å². The van der Waals surface area contributed by atoms with Crippen molar-refractivity contribution < 1.29 is 13.2 Å². The third-order valence-corrected chi connectivity index (χ3v) is 4.68. The SMILES string of the molecule is CCCS(=O)(=O)NCC(=O)NC1CCCCCC1. The van der Waals surface area contributed by atoms with Crippen LogP contribution in [-0.4, -0.2) is 32.7 Å². The normalized spacial score (nSPS) is 18.3. The van der Waals surface area contributed by atoms with Crippen LogP contribution in [0.25, 0.3) is 0 Å². The zero-order valence-corrected chi connectivity index (χ0v) is 11.9. The zero-order valence-electron chi connectivity index (χ0n) is 11.1. The Labute approximate surface area is 110 Å². The van der Waals surface area contributed by atoms with Gasteiger partial charge in [0.15, 0.2) is 0 Å². The summed E-state index contributed by atoms with van der Waals surface area (Å²) in [7, 11) is -3.29. The van der Waals surface area contributed by atoms with Gasteiger partial charge in [0.2, 0.25) is 15.9 Å². The number of nitrogens with one attached hydrogen (secondary N) is 2. The Balaban J connectivity index is 2.28. The molecule has 0 radical (unpaired) electrons. The predicted molar refractivity (Wildman–Crippen MR) is 71.7 cm³/mol. The summed E-state index contributed by atoms with van der Waals surface area (Å²) in [5, 5.41) is 2.91. The lowest BCUT2D eigenvalue weighted by Crippen LogP contribution is -2.42. The van der Waals surface area contributed by atoms with Crippen molar-refractivity contribution in [3.63, 3.8) is 0 Å². The van der Waals surface area contributed by atoms with E-state index in [-0.39, 0.29) is 24.2 Å². The minimum absolute atomic E-state index is 0.0731. The molecule has 1 saturated carbocycles. The maximum absolute atomic E-state index is 11.6. The maximum atomic E-state index is 11.6. The van der Waals surface area contributed by atoms with Crippen molar-refractivity contribution in [3.05, 3.63) is 0 Å². The van der Waals surface area contributed by atoms with Gasteiger partial charge in [-0.2, -0.15) is 0 Å². The first-order chi connectivity index (χ1) is 8.53. The Hall–Kier alpha value is -0.620. The Bertz CT molecular complexity index is 346. The van der Waals surface area contributed by atoms with E-state index < -0.39 is 10.0 Å². The second kappa shape index (κ2) is 7.74. The molecule has 1 amide bonds. The Morgan fingerprint density at radius 1 is 1.17 bits per heavy atom. The fourth-order valence-electron chi connectivity index (χ4n) is 2.22. The summed E-state index contributed by atoms with van der Waals surface area (Å²) in [6.45, 7) is 1.66. The van der Waals surface area contributed by atoms with Gasteiger partial charge >= 0.3 is 0 Å². The van der Waals surface area contributed by atoms with Crippen LogP contribution in [0.15, 0.2) is 0 Å². The van der Waals surface area contributed by atoms with Gasteiger partial charge in [0.05, 0.1) is 12.3 Å². The van der Waals surface area contributed by atoms with Gasteiger partial charge in [-0.25, -0.2) is 13.1 Å². The smallest absolute Gasteiger partial charge is 0.235 e. The molecule has 1 aliphatic rings. The third kappa shape index (κ3) is 6.35. The Kier molecular flexibility index (Phi) is 6.63. The van der Waals surface area contributed by atoms with E-state index in [4.69, 9.17) is 0 Å². The molecule has 0 aromatic carbocycles. The van der Waals surface area contributed by atoms with Gasteiger partial charge in [0.25, 0.3) is 0 Å². The predicted octanol–water partition coefficient (Wildman–Crippen LogP) is 1.15. The number of rotatable bonds is 6. The molecule has 1 aliphatic carbocycles. The highest BCUT2D eigenvalue weighted by Crippen LogP contribution is 2.16. The molecule has 6 heteroatoms. The molecule has 2 N–H and O–H groups in total. The standard InChI is InChI=1S/C12H24N2O3S/c1-2-9-18(16,17)13-10-12(15)14-11-7-5-3-4-6-8-11/h11,13H,2-10H2,1H3,(H,14,15). The van der Waals surface area contributed by atoms with Crippen LogP contribution in [0.4, 0.5) is 0 Å². The lowest BCUT2D eigenvalue weighted by Gasteiger charge is -2.16. The molecule has 0 atom stereocenters. The maximum Gasteiger partial charge on any atom is 0.235 e. The summed E-state index contributed by atoms with van der Waals surface area (Å²) in [6, 6.07) is 0.218. The number of hydrogen-bond donors (Lipinski definition) is 2. The van der Waals surface area contributed by atoms with Gasteiger partial charge in [-0.05, 0) is 19.3 Å². The topological polar surface area (TPSA) is 75.3 Å². The summed E-state index contributed by atoms with van der Waals surface area (Å²) >= 11 is 0. The van der Waals surface area contributed by atoms with E-state index in [1.807, 2.05) is 0 Å². The summed E-state index contributed by atoms with van der Waals surface area (Å²) in [4.78, 5) is 11.6. The quantitative estimate of drug-likeness (QED) is 0.715. The Morgan fingerprint density at radius 3 is 2.33 bits per heavy atom. The molecule has 0 heterocycles. The molecular weight excluding hydrogens is 252 g/mol. The van der Waals surface area contributed by atoms with Crippen LogP contribution in [0, 0.1) is 0 Å². The van der Waals surface area contributed by atoms with Gasteiger partial charge in [0, 0.05) is 6.04 Å². The highest BCUT2D eigenvalue weighted by Gasteiger charge is 2.16. The molecule has 0 aromatic rings. The first kappa shape index (κ1) is 15.4. The first-order valence-electron chi connectivity index (χ1n) is 6.80. The molecular formula is C12H24N2O3S. The molecule has 0 unspecified atom stereocenters. The van der Waals surface area contributed by atoms with E-state index in [1.54, 1.807) is 6.92 Å². The van der Waals surface area contributed by atoms with Crippen molar-refractivity contribution in [3.8, 4) is 0 Å². The van der Waals surface area contributed by atoms with Crippen LogP contribution in [0.2, 0.25) is 0 Å². The van der Waals surface area contributed by atoms with Crippen LogP contribution in [0.5, 0.6) is 0 Å². The molecule has 0 aromatic heterocycles. The van der Waals surface area contributed by atoms with E-state index >= 15 is 0 Å². The molecule has 0 aliphatic heterocycles. The second-order valence-corrected chi connectivity index (χ2v) is 6.82. The lowest BCUT2D eigenvalue weighted by atomic mass is 10.1. The molecule has 0 bridgehead atoms. The number of sulfonamides is 1. The minimum atomic E-state index is -3.29. The number of hydrogen-bond acceptors (Lipinski definition) is 3. The van der Waals surface area contributed by atoms with Crippen LogP contribution in [0.3, 0.4) is 0 Å². The van der Waals surface area contributed by atoms with Crippen LogP contribution >= 0.6 is 0 Å². The second-order valence-electron chi connectivity index (χ2n) is 4.90. The highest BCUT2D eigenvalue weighted by atomic mass is 32.2. The average molecular weight is 276 g/mol. The van der Waals surface area contributed by atoms with Gasteiger partial charge < -0.3 is 5.32 Å². The van der Waals surface area contributed by atoms with Gasteiger partial charge in [0.1, 0.15) is 0 Å². The molecule has 0 saturated heterocycles. The van der Waals surface area contributed by atoms with Crippen LogP contribution in [-0.2, 0) is 14.8 Å². The third-order valence-electron chi connectivity index (χ3n) is 3.15. The van der Waals surface area contributed by atoms with Crippen molar-refractivity contribution in [2.24, 2.45) is 0 Å². The molecule has 1 rings (SSSR count). The fourth-order valence-corrected chi connectivity index (χ4v) is 3.25. The van der Waals surface area contributed by atoms with Crippen LogP contribution in [0.1, 0.15) is 51.9 Å². The first-order valence-corrected chi connectivity index (χ1v) is 8.45. The monoisotopic (exact) mass is 276 g/mol. The summed E-state index contributed by atoms with van der Waals surface area (Å²) in [6.07, 6.45) is 7.32. The zero-order chi connectivity index (χ0) is 13.4. The van der Waals surface area contributed by atoms with Gasteiger partial charge in [-0.1, -0.05) is 32.6 Å². The molecule has 18 heavy (non-hydrogen) atoms. The van der Waals surface area contributed by atoms with E-state index in [0.717, 1.165) is 25.7 Å². The van der Waals surface area contributed by atoms with Crippen molar-refractivity contribution in [1.29, 1.82) is 0 Å². The molecule has 106 valence electrons. The van der Waals surface area contributed by atoms with E-state index in [2.05, 4.69) is 10.0 Å². The van der Waals surface area contributed by atoms with Crippen molar-refractivity contribution in [2.75, 3.05) is 12.3 Å². The number of amides is 1. The van der Waals surface area contributed by atoms with Crippen molar-refractivity contribution in [2.45, 2.75) is 57.9 Å². The summed E-state index contributed by atoms with van der Waals surface area (Å²) < 4.78 is 25.1. The van der Waals surface area contributed by atoms with Crippen molar-refractivity contribution in [1.82, 2.24) is 10.0 Å². The van der Waals surface area contributed by atoms with E-state index in [9.17, 15) is 13.2 Å². The minimum Gasteiger partial charge on any atom is -0.352 e. The number of carbonyl (C=O) groups is 1. The summed E-state index contributed by atoms with van der Waals surface area (Å²) in [5.74, 6) is -0.148. The fraction of sp³-hybridized carbons (Fsp3) is 0.917. The van der Waals surface area contributed by atoms with E-state index in [1.165, 1.54) is 12.8 Å². The van der Waals surface area contributed by atoms with Crippen molar-refractivity contribution >= 4 is 15.9 Å². The number of carbonyl (C=O) groups excluding carboxylic acids is 1. The molecule has 5 nitrogen and oxygen atoms in total. The Morgan fingerprint density at radius 2 is 1.78 bits per heavy atom.